The predicted molar refractivity (Wildman–Crippen MR) is 137 cm³/mol. The zero-order valence-corrected chi connectivity index (χ0v) is 22.5. The summed E-state index contributed by atoms with van der Waals surface area (Å²) in [4.78, 5) is 47.6. The molecule has 1 N–H and O–H groups in total. The molecule has 0 radical (unpaired) electrons. The molecule has 0 aliphatic carbocycles. The Morgan fingerprint density at radius 3 is 2.65 bits per heavy atom. The van der Waals surface area contributed by atoms with Crippen LogP contribution in [0.2, 0.25) is 0 Å². The van der Waals surface area contributed by atoms with Gasteiger partial charge in [0.05, 0.1) is 18.8 Å². The zero-order valence-electron chi connectivity index (χ0n) is 22.5. The van der Waals surface area contributed by atoms with Crippen LogP contribution in [0.25, 0.3) is 5.65 Å². The van der Waals surface area contributed by atoms with Gasteiger partial charge in [0, 0.05) is 46.0 Å². The van der Waals surface area contributed by atoms with Gasteiger partial charge in [-0.25, -0.2) is 14.2 Å². The number of aryl methyl sites for hydroxylation is 2. The molecule has 3 aromatic heterocycles. The van der Waals surface area contributed by atoms with E-state index in [0.717, 1.165) is 0 Å². The first-order valence-corrected chi connectivity index (χ1v) is 12.8. The Hall–Kier alpha value is -3.70. The third-order valence-corrected chi connectivity index (χ3v) is 6.95. The molecule has 12 heteroatoms. The Morgan fingerprint density at radius 2 is 1.92 bits per heavy atom. The van der Waals surface area contributed by atoms with Crippen molar-refractivity contribution in [3.05, 3.63) is 35.8 Å². The number of aromatic nitrogens is 6. The van der Waals surface area contributed by atoms with Gasteiger partial charge in [-0.2, -0.15) is 10.2 Å². The molecule has 2 atom stereocenters. The van der Waals surface area contributed by atoms with Crippen molar-refractivity contribution >= 4 is 23.4 Å². The van der Waals surface area contributed by atoms with Crippen LogP contribution in [0, 0.1) is 12.8 Å². The van der Waals surface area contributed by atoms with Crippen LogP contribution in [-0.2, 0) is 23.2 Å². The lowest BCUT2D eigenvalue weighted by atomic mass is 10.0. The molecule has 3 amide bonds. The first-order chi connectivity index (χ1) is 17.6. The molecule has 0 bridgehead atoms. The van der Waals surface area contributed by atoms with Crippen molar-refractivity contribution in [1.29, 1.82) is 0 Å². The number of nitrogens with zero attached hydrogens (tertiary/aromatic N) is 8. The lowest BCUT2D eigenvalue weighted by molar-refractivity contribution is -0.138. The first kappa shape index (κ1) is 26.4. The highest BCUT2D eigenvalue weighted by Crippen LogP contribution is 2.22. The van der Waals surface area contributed by atoms with Crippen LogP contribution in [-0.4, -0.2) is 82.6 Å². The van der Waals surface area contributed by atoms with Gasteiger partial charge in [0.25, 0.3) is 5.91 Å². The third-order valence-electron chi connectivity index (χ3n) is 6.95. The number of amides is 3. The largest absolute Gasteiger partial charge is 0.344 e. The number of carbonyl (C=O) groups excluding carboxylic acids is 3. The molecule has 3 aromatic rings. The quantitative estimate of drug-likeness (QED) is 0.569. The van der Waals surface area contributed by atoms with E-state index < -0.39 is 6.04 Å². The summed E-state index contributed by atoms with van der Waals surface area (Å²) < 4.78 is 5.34. The number of likely N-dealkylation sites (N-methyl/N-ethyl adjacent to an activating group) is 1. The van der Waals surface area contributed by atoms with Crippen molar-refractivity contribution in [2.24, 2.45) is 13.0 Å². The Balaban J connectivity index is 1.69. The number of hydrogen-bond donors (Lipinski definition) is 1. The van der Waals surface area contributed by atoms with Gasteiger partial charge in [-0.3, -0.25) is 14.4 Å². The van der Waals surface area contributed by atoms with E-state index in [4.69, 9.17) is 0 Å². The van der Waals surface area contributed by atoms with Crippen molar-refractivity contribution in [2.75, 3.05) is 20.1 Å². The number of fused-ring (bicyclic) bond motifs is 2. The van der Waals surface area contributed by atoms with Crippen LogP contribution in [0.4, 0.5) is 0 Å². The molecule has 0 aromatic carbocycles. The van der Waals surface area contributed by atoms with Crippen LogP contribution in [0.15, 0.2) is 18.6 Å². The predicted octanol–water partition coefficient (Wildman–Crippen LogP) is 1.56. The van der Waals surface area contributed by atoms with E-state index in [-0.39, 0.29) is 36.1 Å². The van der Waals surface area contributed by atoms with E-state index >= 15 is 0 Å². The molecule has 0 fully saturated rings. The summed E-state index contributed by atoms with van der Waals surface area (Å²) in [5.41, 5.74) is 1.22. The minimum atomic E-state index is -0.640. The lowest BCUT2D eigenvalue weighted by Crippen LogP contribution is -2.47. The fourth-order valence-corrected chi connectivity index (χ4v) is 4.78. The van der Waals surface area contributed by atoms with Crippen LogP contribution in [0.1, 0.15) is 68.1 Å². The van der Waals surface area contributed by atoms with E-state index in [2.05, 4.69) is 34.3 Å². The van der Waals surface area contributed by atoms with E-state index in [9.17, 15) is 14.4 Å². The maximum Gasteiger partial charge on any atom is 0.259 e. The Kier molecular flexibility index (Phi) is 7.65. The summed E-state index contributed by atoms with van der Waals surface area (Å²) in [5.74, 6) is 1.03. The molecule has 0 saturated heterocycles. The molecular weight excluding hydrogens is 474 g/mol. The van der Waals surface area contributed by atoms with Gasteiger partial charge in [-0.05, 0) is 32.6 Å². The van der Waals surface area contributed by atoms with Gasteiger partial charge in [-0.1, -0.05) is 13.8 Å². The van der Waals surface area contributed by atoms with Crippen LogP contribution < -0.4 is 5.32 Å². The highest BCUT2D eigenvalue weighted by atomic mass is 16.2. The minimum absolute atomic E-state index is 0.137. The first-order valence-electron chi connectivity index (χ1n) is 12.8. The third kappa shape index (κ3) is 5.52. The second kappa shape index (κ2) is 10.7. The monoisotopic (exact) mass is 511 g/mol. The number of imidazole rings is 1. The van der Waals surface area contributed by atoms with E-state index in [1.807, 2.05) is 24.7 Å². The van der Waals surface area contributed by atoms with Crippen molar-refractivity contribution < 1.29 is 14.4 Å². The van der Waals surface area contributed by atoms with Gasteiger partial charge in [0.2, 0.25) is 11.8 Å². The second-order valence-electron chi connectivity index (χ2n) is 10.2. The Labute approximate surface area is 216 Å². The highest BCUT2D eigenvalue weighted by Gasteiger charge is 2.29. The average Bonchev–Trinajstić information content (AvgIpc) is 3.54. The summed E-state index contributed by atoms with van der Waals surface area (Å²) in [6.07, 6.45) is 6.61. The lowest BCUT2D eigenvalue weighted by Gasteiger charge is -2.29. The van der Waals surface area contributed by atoms with E-state index in [1.54, 1.807) is 40.5 Å². The number of carbonyl (C=O) groups is 3. The van der Waals surface area contributed by atoms with Gasteiger partial charge in [0.15, 0.2) is 0 Å². The fraction of sp³-hybridized carbons (Fsp3) is 0.600. The molecule has 200 valence electrons. The van der Waals surface area contributed by atoms with Gasteiger partial charge < -0.3 is 19.7 Å². The number of rotatable bonds is 3. The summed E-state index contributed by atoms with van der Waals surface area (Å²) in [6, 6.07) is -1.01. The normalized spacial score (nSPS) is 20.3. The van der Waals surface area contributed by atoms with Crippen molar-refractivity contribution in [2.45, 2.75) is 65.6 Å². The maximum absolute atomic E-state index is 13.7. The van der Waals surface area contributed by atoms with E-state index in [1.165, 1.54) is 4.90 Å². The molecule has 0 spiro atoms. The average molecular weight is 512 g/mol. The van der Waals surface area contributed by atoms with Crippen LogP contribution in [0.3, 0.4) is 0 Å². The summed E-state index contributed by atoms with van der Waals surface area (Å²) in [7, 11) is 3.52. The van der Waals surface area contributed by atoms with Crippen molar-refractivity contribution in [3.63, 3.8) is 0 Å². The summed E-state index contributed by atoms with van der Waals surface area (Å²) in [5, 5.41) is 12.0. The molecule has 1 aliphatic rings. The molecule has 12 nitrogen and oxygen atoms in total. The molecule has 37 heavy (non-hydrogen) atoms. The van der Waals surface area contributed by atoms with Crippen LogP contribution in [0.5, 0.6) is 0 Å². The SMILES string of the molecule is Cc1nc2n(n1)CCN(C(=O)c1cnn3ccn(C)c13)CCCC(=O)N(C)[C@@H](C)C(=O)N[C@@H]2CC(C)C. The molecule has 0 unspecified atom stereocenters. The van der Waals surface area contributed by atoms with Crippen molar-refractivity contribution in [3.8, 4) is 0 Å². The molecule has 1 aliphatic heterocycles. The van der Waals surface area contributed by atoms with Gasteiger partial charge in [-0.15, -0.1) is 0 Å². The van der Waals surface area contributed by atoms with Gasteiger partial charge in [0.1, 0.15) is 28.9 Å². The highest BCUT2D eigenvalue weighted by molar-refractivity contribution is 5.99. The topological polar surface area (TPSA) is 123 Å². The van der Waals surface area contributed by atoms with Gasteiger partial charge >= 0.3 is 0 Å². The summed E-state index contributed by atoms with van der Waals surface area (Å²) in [6.45, 7) is 8.88. The molecule has 4 heterocycles. The molecule has 4 rings (SSSR count). The summed E-state index contributed by atoms with van der Waals surface area (Å²) >= 11 is 0. The number of hydrogen-bond acceptors (Lipinski definition) is 6. The van der Waals surface area contributed by atoms with Crippen LogP contribution >= 0.6 is 0 Å². The zero-order chi connectivity index (χ0) is 26.9. The second-order valence-corrected chi connectivity index (χ2v) is 10.2. The standard InChI is InChI=1S/C25H37N9O3/c1-16(2)14-20-22-27-18(4)29-33(22)13-11-32(9-7-8-21(35)31(6)17(3)23(36)28-20)25(37)19-15-26-34-12-10-30(5)24(19)34/h10,12,15-17,20H,7-9,11,13-14H2,1-6H3,(H,28,36)/t17-,20+/m0/s1. The maximum atomic E-state index is 13.7. The van der Waals surface area contributed by atoms with Crippen molar-refractivity contribution in [1.82, 2.24) is 44.1 Å². The molecule has 0 saturated carbocycles. The Morgan fingerprint density at radius 1 is 1.16 bits per heavy atom. The fourth-order valence-electron chi connectivity index (χ4n) is 4.78. The number of nitrogens with one attached hydrogen (secondary N) is 1. The molecular formula is C25H37N9O3. The minimum Gasteiger partial charge on any atom is -0.344 e. The smallest absolute Gasteiger partial charge is 0.259 e. The van der Waals surface area contributed by atoms with E-state index in [0.29, 0.717) is 55.3 Å². The Bertz CT molecular complexity index is 1290.